The number of benzene rings is 3. The van der Waals surface area contributed by atoms with E-state index >= 15 is 0 Å². The van der Waals surface area contributed by atoms with Crippen molar-refractivity contribution in [2.45, 2.75) is 39.2 Å². The summed E-state index contributed by atoms with van der Waals surface area (Å²) in [6, 6.07) is 14.8. The molecule has 2 N–H and O–H groups in total. The van der Waals surface area contributed by atoms with Crippen LogP contribution in [0.15, 0.2) is 54.6 Å². The number of phenolic OH excluding ortho intramolecular Hbond substituents is 1. The van der Waals surface area contributed by atoms with Crippen molar-refractivity contribution in [3.8, 4) is 28.0 Å². The fraction of sp³-hybridized carbons (Fsp3) is 0.250. The summed E-state index contributed by atoms with van der Waals surface area (Å²) in [5, 5.41) is 20.4. The number of aliphatic hydroxyl groups is 1. The standard InChI is InChI=1S/C24H24F2O2/c1-3-4-5-21(27)20-11-10-17(14-22(20)28)19-13-12-18(23(25)24(19)26)16-8-6-15(2)7-9-16/h6-14,21,27-28H,3-5H2,1-2H3. The van der Waals surface area contributed by atoms with Crippen LogP contribution < -0.4 is 0 Å². The average molecular weight is 382 g/mol. The Morgan fingerprint density at radius 1 is 0.857 bits per heavy atom. The quantitative estimate of drug-likeness (QED) is 0.508. The van der Waals surface area contributed by atoms with Gasteiger partial charge in [0.2, 0.25) is 0 Å². The maximum atomic E-state index is 14.8. The number of aryl methyl sites for hydroxylation is 1. The van der Waals surface area contributed by atoms with Crippen molar-refractivity contribution in [2.24, 2.45) is 0 Å². The highest BCUT2D eigenvalue weighted by molar-refractivity contribution is 5.73. The van der Waals surface area contributed by atoms with Crippen LogP contribution in [0, 0.1) is 18.6 Å². The van der Waals surface area contributed by atoms with E-state index in [-0.39, 0.29) is 16.9 Å². The second kappa shape index (κ2) is 8.53. The van der Waals surface area contributed by atoms with Crippen molar-refractivity contribution in [3.05, 3.63) is 77.4 Å². The normalized spacial score (nSPS) is 12.2. The van der Waals surface area contributed by atoms with Gasteiger partial charge in [-0.15, -0.1) is 0 Å². The topological polar surface area (TPSA) is 40.5 Å². The van der Waals surface area contributed by atoms with E-state index in [9.17, 15) is 19.0 Å². The molecule has 1 unspecified atom stereocenters. The fourth-order valence-electron chi connectivity index (χ4n) is 3.27. The minimum Gasteiger partial charge on any atom is -0.508 e. The molecule has 0 fully saturated rings. The Labute approximate surface area is 164 Å². The number of hydrogen-bond donors (Lipinski definition) is 2. The van der Waals surface area contributed by atoms with Crippen molar-refractivity contribution in [2.75, 3.05) is 0 Å². The van der Waals surface area contributed by atoms with Gasteiger partial charge in [-0.25, -0.2) is 8.78 Å². The Hall–Kier alpha value is -2.72. The molecule has 3 aromatic rings. The lowest BCUT2D eigenvalue weighted by molar-refractivity contribution is 0.160. The third-order valence-electron chi connectivity index (χ3n) is 4.98. The summed E-state index contributed by atoms with van der Waals surface area (Å²) < 4.78 is 29.5. The molecule has 0 aliphatic carbocycles. The SMILES string of the molecule is CCCCC(O)c1ccc(-c2ccc(-c3ccc(C)cc3)c(F)c2F)cc1O. The highest BCUT2D eigenvalue weighted by Crippen LogP contribution is 2.35. The number of hydrogen-bond acceptors (Lipinski definition) is 2. The van der Waals surface area contributed by atoms with Crippen LogP contribution in [0.2, 0.25) is 0 Å². The fourth-order valence-corrected chi connectivity index (χ4v) is 3.27. The lowest BCUT2D eigenvalue weighted by atomic mass is 9.96. The molecule has 0 aliphatic rings. The Bertz CT molecular complexity index is 965. The molecule has 3 rings (SSSR count). The van der Waals surface area contributed by atoms with Gasteiger partial charge in [-0.05, 0) is 30.5 Å². The van der Waals surface area contributed by atoms with Crippen LogP contribution in [-0.2, 0) is 0 Å². The molecular formula is C24H24F2O2. The third kappa shape index (κ3) is 4.07. The molecule has 0 spiro atoms. The van der Waals surface area contributed by atoms with Gasteiger partial charge >= 0.3 is 0 Å². The Morgan fingerprint density at radius 2 is 1.43 bits per heavy atom. The van der Waals surface area contributed by atoms with Gasteiger partial charge in [-0.1, -0.05) is 73.9 Å². The second-order valence-corrected chi connectivity index (χ2v) is 7.09. The average Bonchev–Trinajstić information content (AvgIpc) is 2.69. The molecule has 0 aromatic heterocycles. The maximum Gasteiger partial charge on any atom is 0.167 e. The number of rotatable bonds is 6. The smallest absolute Gasteiger partial charge is 0.167 e. The van der Waals surface area contributed by atoms with Gasteiger partial charge in [-0.2, -0.15) is 0 Å². The molecule has 28 heavy (non-hydrogen) atoms. The zero-order valence-electron chi connectivity index (χ0n) is 16.0. The predicted molar refractivity (Wildman–Crippen MR) is 108 cm³/mol. The molecule has 0 amide bonds. The molecule has 0 heterocycles. The lowest BCUT2D eigenvalue weighted by Crippen LogP contribution is -1.99. The highest BCUT2D eigenvalue weighted by Gasteiger charge is 2.18. The van der Waals surface area contributed by atoms with E-state index in [0.717, 1.165) is 18.4 Å². The van der Waals surface area contributed by atoms with Gasteiger partial charge < -0.3 is 10.2 Å². The third-order valence-corrected chi connectivity index (χ3v) is 4.98. The molecule has 2 nitrogen and oxygen atoms in total. The number of halogens is 2. The van der Waals surface area contributed by atoms with Gasteiger partial charge in [0.15, 0.2) is 11.6 Å². The highest BCUT2D eigenvalue weighted by atomic mass is 19.2. The molecule has 4 heteroatoms. The summed E-state index contributed by atoms with van der Waals surface area (Å²) in [6.07, 6.45) is 1.54. The Balaban J connectivity index is 1.95. The first-order chi connectivity index (χ1) is 13.4. The van der Waals surface area contributed by atoms with Gasteiger partial charge in [0, 0.05) is 16.7 Å². The number of unbranched alkanes of at least 4 members (excludes halogenated alkanes) is 1. The van der Waals surface area contributed by atoms with Crippen LogP contribution in [0.1, 0.15) is 43.4 Å². The first-order valence-electron chi connectivity index (χ1n) is 9.48. The van der Waals surface area contributed by atoms with Gasteiger partial charge in [0.05, 0.1) is 6.10 Å². The second-order valence-electron chi connectivity index (χ2n) is 7.09. The maximum absolute atomic E-state index is 14.8. The van der Waals surface area contributed by atoms with Crippen molar-refractivity contribution < 1.29 is 19.0 Å². The number of aliphatic hydroxyl groups excluding tert-OH is 1. The van der Waals surface area contributed by atoms with E-state index in [0.29, 0.717) is 23.1 Å². The first-order valence-corrected chi connectivity index (χ1v) is 9.48. The molecule has 1 atom stereocenters. The summed E-state index contributed by atoms with van der Waals surface area (Å²) in [7, 11) is 0. The van der Waals surface area contributed by atoms with Gasteiger partial charge in [0.1, 0.15) is 5.75 Å². The summed E-state index contributed by atoms with van der Waals surface area (Å²) in [5.41, 5.74) is 2.66. The van der Waals surface area contributed by atoms with E-state index in [1.54, 1.807) is 30.3 Å². The Morgan fingerprint density at radius 3 is 2.00 bits per heavy atom. The minimum absolute atomic E-state index is 0.0678. The number of phenols is 1. The van der Waals surface area contributed by atoms with E-state index in [2.05, 4.69) is 0 Å². The summed E-state index contributed by atoms with van der Waals surface area (Å²) in [4.78, 5) is 0. The van der Waals surface area contributed by atoms with Crippen molar-refractivity contribution in [3.63, 3.8) is 0 Å². The Kier molecular flexibility index (Phi) is 6.10. The van der Waals surface area contributed by atoms with Gasteiger partial charge in [-0.3, -0.25) is 0 Å². The van der Waals surface area contributed by atoms with Crippen LogP contribution in [0.25, 0.3) is 22.3 Å². The molecule has 0 radical (unpaired) electrons. The van der Waals surface area contributed by atoms with E-state index < -0.39 is 17.7 Å². The van der Waals surface area contributed by atoms with E-state index in [1.165, 1.54) is 12.1 Å². The van der Waals surface area contributed by atoms with E-state index in [4.69, 9.17) is 0 Å². The van der Waals surface area contributed by atoms with Crippen molar-refractivity contribution in [1.82, 2.24) is 0 Å². The lowest BCUT2D eigenvalue weighted by Gasteiger charge is -2.14. The van der Waals surface area contributed by atoms with Crippen LogP contribution >= 0.6 is 0 Å². The largest absolute Gasteiger partial charge is 0.508 e. The van der Waals surface area contributed by atoms with Crippen molar-refractivity contribution in [1.29, 1.82) is 0 Å². The molecule has 146 valence electrons. The van der Waals surface area contributed by atoms with Crippen LogP contribution in [0.4, 0.5) is 8.78 Å². The molecular weight excluding hydrogens is 358 g/mol. The van der Waals surface area contributed by atoms with Crippen LogP contribution in [-0.4, -0.2) is 10.2 Å². The monoisotopic (exact) mass is 382 g/mol. The summed E-state index contributed by atoms with van der Waals surface area (Å²) in [5.74, 6) is -2.01. The molecule has 0 saturated carbocycles. The molecule has 0 aliphatic heterocycles. The van der Waals surface area contributed by atoms with Gasteiger partial charge in [0.25, 0.3) is 0 Å². The number of aromatic hydroxyl groups is 1. The predicted octanol–water partition coefficient (Wildman–Crippen LogP) is 6.54. The first kappa shape index (κ1) is 20.0. The molecule has 3 aromatic carbocycles. The zero-order chi connectivity index (χ0) is 20.3. The zero-order valence-corrected chi connectivity index (χ0v) is 16.0. The van der Waals surface area contributed by atoms with Crippen molar-refractivity contribution >= 4 is 0 Å². The summed E-state index contributed by atoms with van der Waals surface area (Å²) >= 11 is 0. The van der Waals surface area contributed by atoms with Crippen LogP contribution in [0.3, 0.4) is 0 Å². The van der Waals surface area contributed by atoms with E-state index in [1.807, 2.05) is 26.0 Å². The molecule has 0 bridgehead atoms. The molecule has 0 saturated heterocycles. The minimum atomic E-state index is -0.961. The summed E-state index contributed by atoms with van der Waals surface area (Å²) in [6.45, 7) is 3.95. The van der Waals surface area contributed by atoms with Crippen LogP contribution in [0.5, 0.6) is 5.75 Å².